The molecule has 1 atom stereocenters. The van der Waals surface area contributed by atoms with Crippen LogP contribution < -0.4 is 0 Å². The molecule has 0 N–H and O–H groups in total. The van der Waals surface area contributed by atoms with Gasteiger partial charge < -0.3 is 0 Å². The smallest absolute Gasteiger partial charge is 0.0102 e. The highest BCUT2D eigenvalue weighted by Crippen LogP contribution is 2.35. The number of allylic oxidation sites excluding steroid dienone is 1. The topological polar surface area (TPSA) is 0 Å². The molecular formula is C21H20. The molecule has 4 rings (SSSR count). The molecule has 0 amide bonds. The Morgan fingerprint density at radius 2 is 1.81 bits per heavy atom. The Morgan fingerprint density at radius 1 is 0.952 bits per heavy atom. The Kier molecular flexibility index (Phi) is 3.03. The van der Waals surface area contributed by atoms with Crippen molar-refractivity contribution in [3.05, 3.63) is 72.3 Å². The van der Waals surface area contributed by atoms with Crippen LogP contribution in [0.3, 0.4) is 0 Å². The predicted molar refractivity (Wildman–Crippen MR) is 91.8 cm³/mol. The zero-order chi connectivity index (χ0) is 14.2. The molecule has 0 fully saturated rings. The summed E-state index contributed by atoms with van der Waals surface area (Å²) in [6.45, 7) is 3.89. The maximum absolute atomic E-state index is 3.89. The van der Waals surface area contributed by atoms with Crippen LogP contribution in [0.1, 0.15) is 24.0 Å². The van der Waals surface area contributed by atoms with Crippen LogP contribution in [0.2, 0.25) is 0 Å². The van der Waals surface area contributed by atoms with Crippen molar-refractivity contribution in [2.45, 2.75) is 25.7 Å². The van der Waals surface area contributed by atoms with Crippen molar-refractivity contribution in [1.29, 1.82) is 0 Å². The summed E-state index contributed by atoms with van der Waals surface area (Å²) in [5, 5.41) is 5.59. The van der Waals surface area contributed by atoms with Crippen molar-refractivity contribution in [3.8, 4) is 0 Å². The number of aryl methyl sites for hydroxylation is 1. The highest BCUT2D eigenvalue weighted by molar-refractivity contribution is 6.08. The minimum atomic E-state index is 0.785. The molecule has 3 aromatic carbocycles. The number of hydrogen-bond donors (Lipinski definition) is 0. The molecule has 21 heavy (non-hydrogen) atoms. The van der Waals surface area contributed by atoms with Crippen molar-refractivity contribution in [3.63, 3.8) is 0 Å². The second kappa shape index (κ2) is 5.04. The third-order valence-electron chi connectivity index (χ3n) is 4.95. The zero-order valence-electron chi connectivity index (χ0n) is 12.3. The van der Waals surface area contributed by atoms with Gasteiger partial charge in [-0.25, -0.2) is 0 Å². The summed E-state index contributed by atoms with van der Waals surface area (Å²) in [6, 6.07) is 18.0. The van der Waals surface area contributed by atoms with Gasteiger partial charge in [0.05, 0.1) is 0 Å². The lowest BCUT2D eigenvalue weighted by atomic mass is 9.80. The average Bonchev–Trinajstić information content (AvgIpc) is 2.54. The summed E-state index contributed by atoms with van der Waals surface area (Å²) in [6.07, 6.45) is 6.94. The van der Waals surface area contributed by atoms with Crippen LogP contribution in [0.15, 0.2) is 61.2 Å². The third kappa shape index (κ3) is 2.06. The molecule has 0 aromatic heterocycles. The maximum atomic E-state index is 3.89. The van der Waals surface area contributed by atoms with Crippen LogP contribution in [0, 0.1) is 5.92 Å². The highest BCUT2D eigenvalue weighted by Gasteiger charge is 2.19. The molecule has 3 aromatic rings. The Hall–Kier alpha value is -2.08. The van der Waals surface area contributed by atoms with E-state index < -0.39 is 0 Å². The van der Waals surface area contributed by atoms with Gasteiger partial charge in [0.25, 0.3) is 0 Å². The standard InChI is InChI=1S/C21H20/c1-2-5-15-8-11-19-17(14-15)10-13-20-18-7-4-3-6-16(18)9-12-21(19)20/h2-4,6-7,9-10,12-13,15H,1,5,8,11,14H2. The Morgan fingerprint density at radius 3 is 2.71 bits per heavy atom. The third-order valence-corrected chi connectivity index (χ3v) is 4.95. The lowest BCUT2D eigenvalue weighted by molar-refractivity contribution is 0.466. The van der Waals surface area contributed by atoms with Gasteiger partial charge in [0.15, 0.2) is 0 Å². The molecule has 0 heteroatoms. The van der Waals surface area contributed by atoms with Gasteiger partial charge in [-0.1, -0.05) is 54.6 Å². The van der Waals surface area contributed by atoms with E-state index in [4.69, 9.17) is 0 Å². The van der Waals surface area contributed by atoms with Gasteiger partial charge in [0.2, 0.25) is 0 Å². The Balaban J connectivity index is 1.91. The van der Waals surface area contributed by atoms with Gasteiger partial charge >= 0.3 is 0 Å². The molecule has 0 saturated carbocycles. The van der Waals surface area contributed by atoms with Gasteiger partial charge in [-0.3, -0.25) is 0 Å². The quantitative estimate of drug-likeness (QED) is 0.416. The van der Waals surface area contributed by atoms with Crippen molar-refractivity contribution in [2.24, 2.45) is 5.92 Å². The molecule has 0 saturated heterocycles. The predicted octanol–water partition coefficient (Wildman–Crippen LogP) is 5.67. The van der Waals surface area contributed by atoms with Crippen LogP contribution >= 0.6 is 0 Å². The fraction of sp³-hybridized carbons (Fsp3) is 0.238. The molecule has 1 aliphatic rings. The number of hydrogen-bond acceptors (Lipinski definition) is 0. The normalized spacial score (nSPS) is 17.8. The summed E-state index contributed by atoms with van der Waals surface area (Å²) < 4.78 is 0. The van der Waals surface area contributed by atoms with Crippen LogP contribution in [0.4, 0.5) is 0 Å². The summed E-state index contributed by atoms with van der Waals surface area (Å²) in [4.78, 5) is 0. The Bertz CT molecular complexity index is 826. The van der Waals surface area contributed by atoms with Crippen LogP contribution in [-0.4, -0.2) is 0 Å². The number of benzene rings is 3. The van der Waals surface area contributed by atoms with Crippen LogP contribution in [-0.2, 0) is 12.8 Å². The van der Waals surface area contributed by atoms with E-state index in [0.29, 0.717) is 0 Å². The van der Waals surface area contributed by atoms with E-state index in [1.165, 1.54) is 40.8 Å². The van der Waals surface area contributed by atoms with Gasteiger partial charge in [0.1, 0.15) is 0 Å². The first-order chi connectivity index (χ1) is 10.4. The van der Waals surface area contributed by atoms with E-state index >= 15 is 0 Å². The minimum Gasteiger partial charge on any atom is -0.103 e. The molecular weight excluding hydrogens is 252 g/mol. The van der Waals surface area contributed by atoms with E-state index in [2.05, 4.69) is 61.2 Å². The van der Waals surface area contributed by atoms with Gasteiger partial charge in [-0.15, -0.1) is 6.58 Å². The first-order valence-corrected chi connectivity index (χ1v) is 7.90. The molecule has 0 nitrogen and oxygen atoms in total. The second-order valence-corrected chi connectivity index (χ2v) is 6.22. The SMILES string of the molecule is C=CCC1CCc2c(ccc3c2ccc2ccccc23)C1. The van der Waals surface area contributed by atoms with Crippen molar-refractivity contribution in [2.75, 3.05) is 0 Å². The summed E-state index contributed by atoms with van der Waals surface area (Å²) in [5.41, 5.74) is 3.13. The summed E-state index contributed by atoms with van der Waals surface area (Å²) >= 11 is 0. The van der Waals surface area contributed by atoms with Gasteiger partial charge in [0, 0.05) is 0 Å². The van der Waals surface area contributed by atoms with E-state index in [-0.39, 0.29) is 0 Å². The Labute approximate surface area is 126 Å². The molecule has 0 aliphatic heterocycles. The molecule has 0 bridgehead atoms. The second-order valence-electron chi connectivity index (χ2n) is 6.22. The van der Waals surface area contributed by atoms with E-state index in [0.717, 1.165) is 12.3 Å². The van der Waals surface area contributed by atoms with E-state index in [9.17, 15) is 0 Å². The number of fused-ring (bicyclic) bond motifs is 5. The van der Waals surface area contributed by atoms with E-state index in [1.54, 1.807) is 11.1 Å². The molecule has 104 valence electrons. The van der Waals surface area contributed by atoms with Crippen LogP contribution in [0.25, 0.3) is 21.5 Å². The molecule has 0 spiro atoms. The monoisotopic (exact) mass is 272 g/mol. The lowest BCUT2D eigenvalue weighted by Gasteiger charge is -2.25. The van der Waals surface area contributed by atoms with Gasteiger partial charge in [-0.05, 0) is 64.3 Å². The average molecular weight is 272 g/mol. The van der Waals surface area contributed by atoms with E-state index in [1.807, 2.05) is 0 Å². The summed E-state index contributed by atoms with van der Waals surface area (Å²) in [7, 11) is 0. The molecule has 1 aliphatic carbocycles. The maximum Gasteiger partial charge on any atom is -0.0102 e. The van der Waals surface area contributed by atoms with Crippen molar-refractivity contribution in [1.82, 2.24) is 0 Å². The fourth-order valence-electron chi connectivity index (χ4n) is 3.88. The van der Waals surface area contributed by atoms with Crippen molar-refractivity contribution >= 4 is 21.5 Å². The first-order valence-electron chi connectivity index (χ1n) is 7.90. The lowest BCUT2D eigenvalue weighted by Crippen LogP contribution is -2.13. The molecule has 1 unspecified atom stereocenters. The summed E-state index contributed by atoms with van der Waals surface area (Å²) in [5.74, 6) is 0.785. The first kappa shape index (κ1) is 12.6. The zero-order valence-corrected chi connectivity index (χ0v) is 12.3. The highest BCUT2D eigenvalue weighted by atomic mass is 14.2. The molecule has 0 heterocycles. The van der Waals surface area contributed by atoms with Crippen molar-refractivity contribution < 1.29 is 0 Å². The minimum absolute atomic E-state index is 0.785. The largest absolute Gasteiger partial charge is 0.103 e. The van der Waals surface area contributed by atoms with Gasteiger partial charge in [-0.2, -0.15) is 0 Å². The van der Waals surface area contributed by atoms with Crippen LogP contribution in [0.5, 0.6) is 0 Å². The number of rotatable bonds is 2. The molecule has 0 radical (unpaired) electrons. The fourth-order valence-corrected chi connectivity index (χ4v) is 3.88.